The van der Waals surface area contributed by atoms with Crippen LogP contribution in [0.25, 0.3) is 0 Å². The molecule has 0 saturated heterocycles. The van der Waals surface area contributed by atoms with E-state index in [1.807, 2.05) is 13.8 Å². The maximum Gasteiger partial charge on any atom is 0.273 e. The summed E-state index contributed by atoms with van der Waals surface area (Å²) in [5.74, 6) is 0.307. The van der Waals surface area contributed by atoms with Gasteiger partial charge < -0.3 is 15.5 Å². The number of carbonyl (C=O) groups is 1. The molecule has 1 amide bonds. The van der Waals surface area contributed by atoms with Crippen LogP contribution in [0.1, 0.15) is 53.0 Å². The topological polar surface area (TPSA) is 81.2 Å². The third kappa shape index (κ3) is 4.53. The number of nitrogens with zero attached hydrogens (tertiary/aromatic N) is 1. The Morgan fingerprint density at radius 2 is 2.13 bits per heavy atom. The molecule has 0 unspecified atom stereocenters. The number of hydrogen-bond acceptors (Lipinski definition) is 4. The first kappa shape index (κ1) is 19.1. The van der Waals surface area contributed by atoms with Crippen molar-refractivity contribution in [3.8, 4) is 0 Å². The van der Waals surface area contributed by atoms with Crippen LogP contribution in [-0.2, 0) is 13.1 Å². The van der Waals surface area contributed by atoms with Gasteiger partial charge in [0, 0.05) is 24.6 Å². The van der Waals surface area contributed by atoms with Gasteiger partial charge in [-0.15, -0.1) is 12.4 Å². The predicted octanol–water partition coefficient (Wildman–Crippen LogP) is 3.06. The summed E-state index contributed by atoms with van der Waals surface area (Å²) in [5, 5.41) is 2.65. The fourth-order valence-corrected chi connectivity index (χ4v) is 1.99. The van der Waals surface area contributed by atoms with Crippen molar-refractivity contribution in [2.24, 2.45) is 5.73 Å². The van der Waals surface area contributed by atoms with Crippen molar-refractivity contribution in [2.45, 2.75) is 39.8 Å². The van der Waals surface area contributed by atoms with Gasteiger partial charge in [0.25, 0.3) is 5.91 Å². The van der Waals surface area contributed by atoms with Crippen LogP contribution in [0.5, 0.6) is 0 Å². The Labute approximate surface area is 140 Å². The number of amides is 1. The fourth-order valence-electron chi connectivity index (χ4n) is 1.99. The Kier molecular flexibility index (Phi) is 6.72. The summed E-state index contributed by atoms with van der Waals surface area (Å²) in [4.78, 5) is 16.3. The van der Waals surface area contributed by atoms with Gasteiger partial charge in [-0.1, -0.05) is 26.0 Å². The highest BCUT2D eigenvalue weighted by Gasteiger charge is 2.18. The second kappa shape index (κ2) is 8.08. The molecule has 2 aromatic rings. The van der Waals surface area contributed by atoms with E-state index in [4.69, 9.17) is 10.2 Å². The lowest BCUT2D eigenvalue weighted by molar-refractivity contribution is 0.0944. The summed E-state index contributed by atoms with van der Waals surface area (Å²) in [6, 6.07) is 4.73. The van der Waals surface area contributed by atoms with Gasteiger partial charge in [0.1, 0.15) is 11.6 Å². The zero-order chi connectivity index (χ0) is 16.3. The highest BCUT2D eigenvalue weighted by molar-refractivity contribution is 5.93. The number of hydrogen-bond donors (Lipinski definition) is 2. The first-order valence-corrected chi connectivity index (χ1v) is 7.15. The second-order valence-electron chi connectivity index (χ2n) is 5.42. The number of oxazole rings is 1. The van der Waals surface area contributed by atoms with Crippen molar-refractivity contribution in [2.75, 3.05) is 0 Å². The van der Waals surface area contributed by atoms with Gasteiger partial charge in [-0.05, 0) is 18.6 Å². The van der Waals surface area contributed by atoms with Crippen LogP contribution in [0.15, 0.2) is 22.6 Å². The van der Waals surface area contributed by atoms with Gasteiger partial charge in [0.15, 0.2) is 11.6 Å². The lowest BCUT2D eigenvalue weighted by Gasteiger charge is -2.06. The van der Waals surface area contributed by atoms with Crippen molar-refractivity contribution in [3.05, 3.63) is 52.5 Å². The van der Waals surface area contributed by atoms with Crippen molar-refractivity contribution in [1.82, 2.24) is 10.3 Å². The quantitative estimate of drug-likeness (QED) is 0.875. The Balaban J connectivity index is 0.00000264. The molecule has 7 heteroatoms. The van der Waals surface area contributed by atoms with Gasteiger partial charge in [-0.2, -0.15) is 0 Å². The molecule has 1 aromatic carbocycles. The lowest BCUT2D eigenvalue weighted by atomic mass is 10.1. The molecule has 0 fully saturated rings. The standard InChI is InChI=1S/C16H20FN3O2.ClH/c1-9(2)16-20-14(10(3)22-16)15(21)19-8-12-5-4-11(7-18)6-13(12)17;/h4-6,9H,7-8,18H2,1-3H3,(H,19,21);1H. The summed E-state index contributed by atoms with van der Waals surface area (Å²) in [7, 11) is 0. The number of aromatic nitrogens is 1. The molecular weight excluding hydrogens is 321 g/mol. The van der Waals surface area contributed by atoms with E-state index in [0.29, 0.717) is 22.8 Å². The minimum absolute atomic E-state index is 0. The summed E-state index contributed by atoms with van der Waals surface area (Å²) in [6.45, 7) is 5.91. The van der Waals surface area contributed by atoms with Crippen LogP contribution in [0.4, 0.5) is 4.39 Å². The summed E-state index contributed by atoms with van der Waals surface area (Å²) in [6.07, 6.45) is 0. The fraction of sp³-hybridized carbons (Fsp3) is 0.375. The van der Waals surface area contributed by atoms with Crippen LogP contribution < -0.4 is 11.1 Å². The highest BCUT2D eigenvalue weighted by Crippen LogP contribution is 2.18. The highest BCUT2D eigenvalue weighted by atomic mass is 35.5. The molecule has 0 aliphatic rings. The van der Waals surface area contributed by atoms with Gasteiger partial charge in [0.05, 0.1) is 0 Å². The molecule has 0 aliphatic carbocycles. The number of aryl methyl sites for hydroxylation is 1. The number of nitrogens with one attached hydrogen (secondary N) is 1. The average Bonchev–Trinajstić information content (AvgIpc) is 2.88. The van der Waals surface area contributed by atoms with E-state index in [9.17, 15) is 9.18 Å². The minimum Gasteiger partial charge on any atom is -0.445 e. The maximum atomic E-state index is 13.8. The van der Waals surface area contributed by atoms with Crippen LogP contribution in [0.3, 0.4) is 0 Å². The normalized spacial score (nSPS) is 10.5. The van der Waals surface area contributed by atoms with E-state index >= 15 is 0 Å². The molecule has 5 nitrogen and oxygen atoms in total. The molecular formula is C16H21ClFN3O2. The van der Waals surface area contributed by atoms with Gasteiger partial charge in [-0.3, -0.25) is 4.79 Å². The molecule has 0 saturated carbocycles. The number of rotatable bonds is 5. The van der Waals surface area contributed by atoms with Crippen molar-refractivity contribution < 1.29 is 13.6 Å². The van der Waals surface area contributed by atoms with E-state index in [2.05, 4.69) is 10.3 Å². The molecule has 1 aromatic heterocycles. The predicted molar refractivity (Wildman–Crippen MR) is 88.0 cm³/mol. The van der Waals surface area contributed by atoms with E-state index < -0.39 is 0 Å². The molecule has 126 valence electrons. The monoisotopic (exact) mass is 341 g/mol. The SMILES string of the molecule is Cc1oc(C(C)C)nc1C(=O)NCc1ccc(CN)cc1F.Cl. The zero-order valence-electron chi connectivity index (χ0n) is 13.4. The molecule has 23 heavy (non-hydrogen) atoms. The Hall–Kier alpha value is -1.92. The van der Waals surface area contributed by atoms with Crippen LogP contribution >= 0.6 is 12.4 Å². The molecule has 0 spiro atoms. The van der Waals surface area contributed by atoms with Gasteiger partial charge in [0.2, 0.25) is 0 Å². The van der Waals surface area contributed by atoms with E-state index in [0.717, 1.165) is 0 Å². The third-order valence-electron chi connectivity index (χ3n) is 3.31. The minimum atomic E-state index is -0.386. The Morgan fingerprint density at radius 1 is 1.43 bits per heavy atom. The maximum absolute atomic E-state index is 13.8. The summed E-state index contributed by atoms with van der Waals surface area (Å²) < 4.78 is 19.3. The number of halogens is 2. The molecule has 0 aliphatic heterocycles. The van der Waals surface area contributed by atoms with E-state index in [-0.39, 0.29) is 48.8 Å². The number of nitrogens with two attached hydrogens (primary N) is 1. The molecule has 0 radical (unpaired) electrons. The molecule has 2 rings (SSSR count). The Morgan fingerprint density at radius 3 is 2.65 bits per heavy atom. The van der Waals surface area contributed by atoms with Crippen molar-refractivity contribution in [1.29, 1.82) is 0 Å². The van der Waals surface area contributed by atoms with Crippen molar-refractivity contribution >= 4 is 18.3 Å². The van der Waals surface area contributed by atoms with Crippen LogP contribution in [0.2, 0.25) is 0 Å². The van der Waals surface area contributed by atoms with Gasteiger partial charge in [-0.25, -0.2) is 9.37 Å². The Bertz CT molecular complexity index is 686. The lowest BCUT2D eigenvalue weighted by Crippen LogP contribution is -2.24. The third-order valence-corrected chi connectivity index (χ3v) is 3.31. The van der Waals surface area contributed by atoms with Gasteiger partial charge >= 0.3 is 0 Å². The van der Waals surface area contributed by atoms with Crippen LogP contribution in [0, 0.1) is 12.7 Å². The zero-order valence-corrected chi connectivity index (χ0v) is 14.2. The largest absolute Gasteiger partial charge is 0.445 e. The van der Waals surface area contributed by atoms with E-state index in [1.165, 1.54) is 6.07 Å². The smallest absolute Gasteiger partial charge is 0.273 e. The van der Waals surface area contributed by atoms with Crippen molar-refractivity contribution in [3.63, 3.8) is 0 Å². The van der Waals surface area contributed by atoms with Crippen LogP contribution in [-0.4, -0.2) is 10.9 Å². The number of carbonyl (C=O) groups excluding carboxylic acids is 1. The molecule has 0 bridgehead atoms. The first-order chi connectivity index (χ1) is 10.4. The second-order valence-corrected chi connectivity index (χ2v) is 5.42. The number of benzene rings is 1. The molecule has 0 atom stereocenters. The average molecular weight is 342 g/mol. The molecule has 3 N–H and O–H groups in total. The summed E-state index contributed by atoms with van der Waals surface area (Å²) in [5.41, 5.74) is 6.80. The molecule has 1 heterocycles. The summed E-state index contributed by atoms with van der Waals surface area (Å²) >= 11 is 0. The first-order valence-electron chi connectivity index (χ1n) is 7.15. The van der Waals surface area contributed by atoms with E-state index in [1.54, 1.807) is 19.1 Å².